The predicted octanol–water partition coefficient (Wildman–Crippen LogP) is 3.88. The lowest BCUT2D eigenvalue weighted by Crippen LogP contribution is -2.42. The van der Waals surface area contributed by atoms with Crippen LogP contribution in [0.3, 0.4) is 0 Å². The largest absolute Gasteiger partial charge is 0.465 e. The summed E-state index contributed by atoms with van der Waals surface area (Å²) in [4.78, 5) is 19.0. The fourth-order valence-corrected chi connectivity index (χ4v) is 3.81. The molecule has 1 aromatic carbocycles. The lowest BCUT2D eigenvalue weighted by molar-refractivity contribution is 0.0599. The highest BCUT2D eigenvalue weighted by molar-refractivity contribution is 14.0. The number of carbonyl (C=O) groups is 1. The second-order valence-corrected chi connectivity index (χ2v) is 7.42. The van der Waals surface area contributed by atoms with Gasteiger partial charge in [0, 0.05) is 13.1 Å². The molecule has 0 bridgehead atoms. The highest BCUT2D eigenvalue weighted by Crippen LogP contribution is 2.24. The quantitative estimate of drug-likeness (QED) is 0.229. The fraction of sp³-hybridized carbons (Fsp3) is 0.478. The van der Waals surface area contributed by atoms with Crippen molar-refractivity contribution in [1.82, 2.24) is 15.5 Å². The first kappa shape index (κ1) is 25.2. The molecular formula is C23H33IN4O3. The number of hydrogen-bond donors (Lipinski definition) is 2. The summed E-state index contributed by atoms with van der Waals surface area (Å²) in [7, 11) is 1.36. The molecule has 1 unspecified atom stereocenters. The average molecular weight is 540 g/mol. The SMILES string of the molecule is CCNC(=NCc1cc(C(=O)OC)c(C)o1)NCC(c1ccccc1)N1CCCC1.I. The molecule has 0 aliphatic carbocycles. The molecule has 0 saturated carbocycles. The van der Waals surface area contributed by atoms with Crippen LogP contribution in [0.2, 0.25) is 0 Å². The van der Waals surface area contributed by atoms with Gasteiger partial charge in [0.15, 0.2) is 5.96 Å². The number of furan rings is 1. The maximum Gasteiger partial charge on any atom is 0.341 e. The highest BCUT2D eigenvalue weighted by atomic mass is 127. The van der Waals surface area contributed by atoms with Crippen molar-refractivity contribution >= 4 is 35.9 Å². The van der Waals surface area contributed by atoms with E-state index in [0.29, 0.717) is 29.7 Å². The van der Waals surface area contributed by atoms with Crippen LogP contribution in [-0.2, 0) is 11.3 Å². The molecule has 1 aliphatic heterocycles. The Morgan fingerprint density at radius 3 is 2.58 bits per heavy atom. The number of carbonyl (C=O) groups excluding carboxylic acids is 1. The van der Waals surface area contributed by atoms with Crippen LogP contribution in [0.15, 0.2) is 45.8 Å². The second-order valence-electron chi connectivity index (χ2n) is 7.42. The van der Waals surface area contributed by atoms with Gasteiger partial charge in [-0.15, -0.1) is 24.0 Å². The Morgan fingerprint density at radius 2 is 1.94 bits per heavy atom. The van der Waals surface area contributed by atoms with Crippen LogP contribution in [0.25, 0.3) is 0 Å². The molecule has 2 heterocycles. The van der Waals surface area contributed by atoms with Crippen LogP contribution in [0.1, 0.15) is 53.2 Å². The van der Waals surface area contributed by atoms with E-state index in [-0.39, 0.29) is 24.0 Å². The summed E-state index contributed by atoms with van der Waals surface area (Å²) >= 11 is 0. The molecule has 0 spiro atoms. The zero-order valence-corrected chi connectivity index (χ0v) is 20.8. The Morgan fingerprint density at radius 1 is 1.23 bits per heavy atom. The van der Waals surface area contributed by atoms with Crippen molar-refractivity contribution in [3.05, 3.63) is 59.0 Å². The van der Waals surface area contributed by atoms with Crippen LogP contribution in [0.5, 0.6) is 0 Å². The molecule has 31 heavy (non-hydrogen) atoms. The van der Waals surface area contributed by atoms with E-state index in [9.17, 15) is 4.79 Å². The maximum atomic E-state index is 11.8. The van der Waals surface area contributed by atoms with E-state index in [0.717, 1.165) is 32.1 Å². The Hall–Kier alpha value is -2.07. The third-order valence-electron chi connectivity index (χ3n) is 5.34. The van der Waals surface area contributed by atoms with E-state index in [4.69, 9.17) is 9.15 Å². The van der Waals surface area contributed by atoms with Gasteiger partial charge < -0.3 is 19.8 Å². The first-order chi connectivity index (χ1) is 14.6. The van der Waals surface area contributed by atoms with Crippen molar-refractivity contribution in [2.75, 3.05) is 33.3 Å². The standard InChI is InChI=1S/C23H32N4O3.HI/c1-4-24-23(25-15-19-14-20(17(2)30-19)22(28)29-3)26-16-21(27-12-8-9-13-27)18-10-6-5-7-11-18;/h5-7,10-11,14,21H,4,8-9,12-13,15-16H2,1-3H3,(H2,24,25,26);1H. The van der Waals surface area contributed by atoms with Crippen LogP contribution >= 0.6 is 24.0 Å². The van der Waals surface area contributed by atoms with Gasteiger partial charge in [0.25, 0.3) is 0 Å². The van der Waals surface area contributed by atoms with Gasteiger partial charge in [-0.1, -0.05) is 30.3 Å². The molecule has 7 nitrogen and oxygen atoms in total. The van der Waals surface area contributed by atoms with Crippen molar-refractivity contribution in [3.63, 3.8) is 0 Å². The van der Waals surface area contributed by atoms with E-state index in [1.807, 2.05) is 6.92 Å². The van der Waals surface area contributed by atoms with Crippen LogP contribution in [-0.4, -0.2) is 50.1 Å². The number of ether oxygens (including phenoxy) is 1. The topological polar surface area (TPSA) is 79.1 Å². The molecule has 1 aliphatic rings. The van der Waals surface area contributed by atoms with Crippen LogP contribution < -0.4 is 10.6 Å². The first-order valence-corrected chi connectivity index (χ1v) is 10.6. The molecule has 3 rings (SSSR count). The molecule has 170 valence electrons. The van der Waals surface area contributed by atoms with E-state index in [2.05, 4.69) is 50.9 Å². The fourth-order valence-electron chi connectivity index (χ4n) is 3.81. The minimum atomic E-state index is -0.396. The number of halogens is 1. The molecule has 1 aromatic heterocycles. The minimum absolute atomic E-state index is 0. The lowest BCUT2D eigenvalue weighted by atomic mass is 10.1. The number of aliphatic imine (C=N–C) groups is 1. The Bertz CT molecular complexity index is 848. The van der Waals surface area contributed by atoms with Gasteiger partial charge in [0.2, 0.25) is 0 Å². The van der Waals surface area contributed by atoms with Crippen molar-refractivity contribution < 1.29 is 13.9 Å². The van der Waals surface area contributed by atoms with Crippen molar-refractivity contribution in [1.29, 1.82) is 0 Å². The summed E-state index contributed by atoms with van der Waals surface area (Å²) < 4.78 is 10.5. The zero-order valence-electron chi connectivity index (χ0n) is 18.5. The van der Waals surface area contributed by atoms with Gasteiger partial charge in [-0.05, 0) is 51.4 Å². The number of nitrogens with zero attached hydrogens (tertiary/aromatic N) is 2. The van der Waals surface area contributed by atoms with E-state index in [1.54, 1.807) is 13.0 Å². The van der Waals surface area contributed by atoms with E-state index >= 15 is 0 Å². The molecule has 2 N–H and O–H groups in total. The first-order valence-electron chi connectivity index (χ1n) is 10.6. The second kappa shape index (κ2) is 12.7. The summed E-state index contributed by atoms with van der Waals surface area (Å²) in [5.41, 5.74) is 1.76. The third kappa shape index (κ3) is 6.96. The molecule has 1 atom stereocenters. The molecule has 0 amide bonds. The van der Waals surface area contributed by atoms with Crippen LogP contribution in [0.4, 0.5) is 0 Å². The molecule has 1 fully saturated rings. The van der Waals surface area contributed by atoms with Gasteiger partial charge in [0.1, 0.15) is 23.6 Å². The monoisotopic (exact) mass is 540 g/mol. The minimum Gasteiger partial charge on any atom is -0.465 e. The highest BCUT2D eigenvalue weighted by Gasteiger charge is 2.23. The number of benzene rings is 1. The lowest BCUT2D eigenvalue weighted by Gasteiger charge is -2.29. The number of rotatable bonds is 8. The molecule has 8 heteroatoms. The Labute approximate surface area is 201 Å². The summed E-state index contributed by atoms with van der Waals surface area (Å²) in [5, 5.41) is 6.78. The maximum absolute atomic E-state index is 11.8. The average Bonchev–Trinajstić information content (AvgIpc) is 3.42. The summed E-state index contributed by atoms with van der Waals surface area (Å²) in [6, 6.07) is 12.6. The summed E-state index contributed by atoms with van der Waals surface area (Å²) in [6.45, 7) is 7.90. The Balaban J connectivity index is 0.00000341. The van der Waals surface area contributed by atoms with Crippen LogP contribution in [0, 0.1) is 6.92 Å². The van der Waals surface area contributed by atoms with Gasteiger partial charge in [-0.25, -0.2) is 9.79 Å². The van der Waals surface area contributed by atoms with Gasteiger partial charge in [0.05, 0.1) is 13.2 Å². The number of methoxy groups -OCH3 is 1. The van der Waals surface area contributed by atoms with E-state index < -0.39 is 5.97 Å². The van der Waals surface area contributed by atoms with Gasteiger partial charge in [-0.3, -0.25) is 4.90 Å². The molecule has 1 saturated heterocycles. The number of likely N-dealkylation sites (tertiary alicyclic amines) is 1. The van der Waals surface area contributed by atoms with Crippen molar-refractivity contribution in [3.8, 4) is 0 Å². The van der Waals surface area contributed by atoms with Gasteiger partial charge >= 0.3 is 5.97 Å². The predicted molar refractivity (Wildman–Crippen MR) is 133 cm³/mol. The number of nitrogens with one attached hydrogen (secondary N) is 2. The third-order valence-corrected chi connectivity index (χ3v) is 5.34. The van der Waals surface area contributed by atoms with Crippen molar-refractivity contribution in [2.24, 2.45) is 4.99 Å². The molecule has 0 radical (unpaired) electrons. The van der Waals surface area contributed by atoms with Gasteiger partial charge in [-0.2, -0.15) is 0 Å². The number of hydrogen-bond acceptors (Lipinski definition) is 5. The number of guanidine groups is 1. The molecular weight excluding hydrogens is 507 g/mol. The zero-order chi connectivity index (χ0) is 21.3. The number of esters is 1. The Kier molecular flexibility index (Phi) is 10.3. The number of aryl methyl sites for hydroxylation is 1. The van der Waals surface area contributed by atoms with Crippen molar-refractivity contribution in [2.45, 2.75) is 39.3 Å². The summed E-state index contributed by atoms with van der Waals surface area (Å²) in [5.74, 6) is 1.51. The van der Waals surface area contributed by atoms with E-state index in [1.165, 1.54) is 25.5 Å². The smallest absolute Gasteiger partial charge is 0.341 e. The summed E-state index contributed by atoms with van der Waals surface area (Å²) in [6.07, 6.45) is 2.50. The molecule has 2 aromatic rings. The normalized spacial score (nSPS) is 15.3.